The zero-order valence-electron chi connectivity index (χ0n) is 7.50. The first-order valence-electron chi connectivity index (χ1n) is 3.75. The zero-order chi connectivity index (χ0) is 7.50. The normalized spacial score (nSPS) is 34.0. The molecule has 0 saturated carbocycles. The maximum Gasteiger partial charge on any atom is 0.0307 e. The third-order valence-electron chi connectivity index (χ3n) is 4.62. The molecule has 0 aromatic carbocycles. The minimum absolute atomic E-state index is 0.539. The first-order valence-corrected chi connectivity index (χ1v) is 15.8. The Morgan fingerprint density at radius 3 is 0.556 bits per heavy atom. The van der Waals surface area contributed by atoms with Crippen LogP contribution in [0, 0.1) is 0 Å². The van der Waals surface area contributed by atoms with Gasteiger partial charge in [0.15, 0.2) is 0 Å². The summed E-state index contributed by atoms with van der Waals surface area (Å²) in [5.74, 6) is 0. The van der Waals surface area contributed by atoms with Crippen molar-refractivity contribution in [3.8, 4) is 0 Å². The Hall–Kier alpha value is 0.651. The molecule has 0 aromatic heterocycles. The standard InChI is InChI=1S/C6H18Si3/c1-7(2)8(3,4)9(7,5)6/h1-6H3. The van der Waals surface area contributed by atoms with Crippen LogP contribution < -0.4 is 0 Å². The van der Waals surface area contributed by atoms with Crippen LogP contribution in [0.3, 0.4) is 0 Å². The summed E-state index contributed by atoms with van der Waals surface area (Å²) < 4.78 is 0. The van der Waals surface area contributed by atoms with Crippen LogP contribution in [0.15, 0.2) is 0 Å². The Kier molecular flexibility index (Phi) is 1.25. The van der Waals surface area contributed by atoms with E-state index >= 15 is 0 Å². The SMILES string of the molecule is C[Si]1(C)[Si](C)(C)[Si]1(C)C. The highest BCUT2D eigenvalue weighted by Gasteiger charge is 2.74. The molecule has 1 aliphatic rings. The molecular formula is C6H18Si3. The summed E-state index contributed by atoms with van der Waals surface area (Å²) in [5.41, 5.74) is 0. The lowest BCUT2D eigenvalue weighted by atomic mass is 11.9. The first kappa shape index (κ1) is 7.75. The molecular weight excluding hydrogens is 156 g/mol. The molecule has 0 spiro atoms. The van der Waals surface area contributed by atoms with Gasteiger partial charge in [0.2, 0.25) is 0 Å². The van der Waals surface area contributed by atoms with Gasteiger partial charge in [-0.1, -0.05) is 39.3 Å². The fourth-order valence-electron chi connectivity index (χ4n) is 1.88. The highest BCUT2D eigenvalue weighted by molar-refractivity contribution is 8.12. The summed E-state index contributed by atoms with van der Waals surface area (Å²) >= 11 is 0. The van der Waals surface area contributed by atoms with E-state index in [1.54, 1.807) is 0 Å². The lowest BCUT2D eigenvalue weighted by molar-refractivity contribution is 1.97. The molecule has 0 aliphatic carbocycles. The van der Waals surface area contributed by atoms with Crippen LogP contribution in [0.2, 0.25) is 39.3 Å². The number of hydrogen-bond acceptors (Lipinski definition) is 0. The monoisotopic (exact) mass is 174 g/mol. The first-order chi connectivity index (χ1) is 3.75. The molecule has 0 radical (unpaired) electrons. The molecule has 0 unspecified atom stereocenters. The lowest BCUT2D eigenvalue weighted by Gasteiger charge is -2.00. The predicted molar refractivity (Wildman–Crippen MR) is 52.4 cm³/mol. The van der Waals surface area contributed by atoms with Crippen molar-refractivity contribution in [1.29, 1.82) is 0 Å². The Balaban J connectivity index is 2.91. The Morgan fingerprint density at radius 1 is 0.444 bits per heavy atom. The van der Waals surface area contributed by atoms with Crippen molar-refractivity contribution in [2.45, 2.75) is 39.3 Å². The minimum Gasteiger partial charge on any atom is -0.0735 e. The smallest absolute Gasteiger partial charge is 0.0307 e. The van der Waals surface area contributed by atoms with E-state index in [-0.39, 0.29) is 0 Å². The van der Waals surface area contributed by atoms with E-state index in [9.17, 15) is 0 Å². The van der Waals surface area contributed by atoms with Crippen LogP contribution in [0.25, 0.3) is 0 Å². The maximum absolute atomic E-state index is 2.62. The Morgan fingerprint density at radius 2 is 0.556 bits per heavy atom. The lowest BCUT2D eigenvalue weighted by Crippen LogP contribution is -2.21. The molecule has 0 nitrogen and oxygen atoms in total. The quantitative estimate of drug-likeness (QED) is 0.495. The van der Waals surface area contributed by atoms with Gasteiger partial charge in [-0.05, 0) is 0 Å². The van der Waals surface area contributed by atoms with Gasteiger partial charge in [-0.2, -0.15) is 0 Å². The Bertz CT molecular complexity index is 106. The predicted octanol–water partition coefficient (Wildman–Crippen LogP) is 2.36. The molecule has 0 N–H and O–H groups in total. The van der Waals surface area contributed by atoms with Crippen molar-refractivity contribution in [2.24, 2.45) is 0 Å². The van der Waals surface area contributed by atoms with E-state index in [2.05, 4.69) is 39.3 Å². The summed E-state index contributed by atoms with van der Waals surface area (Å²) in [5, 5.41) is 0. The van der Waals surface area contributed by atoms with Gasteiger partial charge in [0, 0.05) is 21.3 Å². The van der Waals surface area contributed by atoms with Crippen molar-refractivity contribution in [1.82, 2.24) is 0 Å². The van der Waals surface area contributed by atoms with Crippen LogP contribution >= 0.6 is 0 Å². The van der Waals surface area contributed by atoms with Crippen LogP contribution in [0.1, 0.15) is 0 Å². The molecule has 9 heavy (non-hydrogen) atoms. The van der Waals surface area contributed by atoms with Crippen LogP contribution in [0.4, 0.5) is 0 Å². The molecule has 1 saturated heterocycles. The summed E-state index contributed by atoms with van der Waals surface area (Å²) in [6.45, 7) is 15.7. The van der Waals surface area contributed by atoms with Gasteiger partial charge in [-0.3, -0.25) is 0 Å². The fourth-order valence-corrected chi connectivity index (χ4v) is 70.9. The van der Waals surface area contributed by atoms with Gasteiger partial charge < -0.3 is 0 Å². The van der Waals surface area contributed by atoms with Crippen molar-refractivity contribution in [3.05, 3.63) is 0 Å². The second-order valence-electron chi connectivity index (χ2n) is 4.88. The molecule has 0 atom stereocenters. The number of rotatable bonds is 0. The molecule has 0 amide bonds. The molecule has 3 heteroatoms. The minimum atomic E-state index is -0.539. The van der Waals surface area contributed by atoms with E-state index in [1.807, 2.05) is 0 Å². The largest absolute Gasteiger partial charge is 0.0735 e. The second-order valence-corrected chi connectivity index (χ2v) is 41.6. The number of hydrogen-bond donors (Lipinski definition) is 0. The molecule has 0 aromatic rings. The van der Waals surface area contributed by atoms with E-state index in [0.29, 0.717) is 0 Å². The van der Waals surface area contributed by atoms with E-state index in [4.69, 9.17) is 0 Å². The topological polar surface area (TPSA) is 0 Å². The molecule has 1 heterocycles. The van der Waals surface area contributed by atoms with Gasteiger partial charge >= 0.3 is 0 Å². The average Bonchev–Trinajstić information content (AvgIpc) is 1.84. The van der Waals surface area contributed by atoms with Crippen LogP contribution in [-0.2, 0) is 0 Å². The Labute approximate surface area is 61.1 Å². The third kappa shape index (κ3) is 0.582. The zero-order valence-corrected chi connectivity index (χ0v) is 10.5. The van der Waals surface area contributed by atoms with E-state index < -0.39 is 21.3 Å². The summed E-state index contributed by atoms with van der Waals surface area (Å²) in [4.78, 5) is 0. The van der Waals surface area contributed by atoms with Crippen molar-refractivity contribution < 1.29 is 0 Å². The maximum atomic E-state index is 2.62. The van der Waals surface area contributed by atoms with Gasteiger partial charge in [0.05, 0.1) is 0 Å². The van der Waals surface area contributed by atoms with Crippen LogP contribution in [0.5, 0.6) is 0 Å². The molecule has 0 bridgehead atoms. The molecule has 1 aliphatic heterocycles. The van der Waals surface area contributed by atoms with Crippen molar-refractivity contribution in [3.63, 3.8) is 0 Å². The van der Waals surface area contributed by atoms with Gasteiger partial charge in [-0.25, -0.2) is 0 Å². The van der Waals surface area contributed by atoms with Gasteiger partial charge in [-0.15, -0.1) is 0 Å². The summed E-state index contributed by atoms with van der Waals surface area (Å²) in [7, 11) is -1.62. The highest BCUT2D eigenvalue weighted by atomic mass is 30.2. The van der Waals surface area contributed by atoms with Crippen LogP contribution in [-0.4, -0.2) is 21.3 Å². The average molecular weight is 174 g/mol. The fraction of sp³-hybridized carbons (Fsp3) is 1.00. The third-order valence-corrected chi connectivity index (χ3v) is 70.9. The molecule has 1 fully saturated rings. The van der Waals surface area contributed by atoms with Gasteiger partial charge in [0.1, 0.15) is 0 Å². The van der Waals surface area contributed by atoms with Crippen molar-refractivity contribution >= 4 is 21.3 Å². The molecule has 54 valence electrons. The van der Waals surface area contributed by atoms with E-state index in [1.165, 1.54) is 0 Å². The van der Waals surface area contributed by atoms with Gasteiger partial charge in [0.25, 0.3) is 0 Å². The molecule has 1 rings (SSSR count). The van der Waals surface area contributed by atoms with Crippen molar-refractivity contribution in [2.75, 3.05) is 0 Å². The second kappa shape index (κ2) is 1.46. The summed E-state index contributed by atoms with van der Waals surface area (Å²) in [6.07, 6.45) is 0. The van der Waals surface area contributed by atoms with E-state index in [0.717, 1.165) is 0 Å². The highest BCUT2D eigenvalue weighted by Crippen LogP contribution is 2.50. The summed E-state index contributed by atoms with van der Waals surface area (Å²) in [6, 6.07) is 0.